The van der Waals surface area contributed by atoms with Crippen molar-refractivity contribution in [3.63, 3.8) is 0 Å². The van der Waals surface area contributed by atoms with Crippen molar-refractivity contribution in [2.24, 2.45) is 0 Å². The molecule has 0 atom stereocenters. The molecule has 4 nitrogen and oxygen atoms in total. The topological polar surface area (TPSA) is 55.1 Å². The van der Waals surface area contributed by atoms with Gasteiger partial charge in [0.25, 0.3) is 0 Å². The summed E-state index contributed by atoms with van der Waals surface area (Å²) in [6.07, 6.45) is 1.75. The Hall–Kier alpha value is -2.62. The van der Waals surface area contributed by atoms with Gasteiger partial charge in [0, 0.05) is 11.6 Å². The van der Waals surface area contributed by atoms with Gasteiger partial charge in [-0.2, -0.15) is 0 Å². The number of benzene rings is 1. The van der Waals surface area contributed by atoms with Crippen molar-refractivity contribution in [3.05, 3.63) is 65.1 Å². The van der Waals surface area contributed by atoms with E-state index in [2.05, 4.69) is 4.98 Å². The standard InChI is InChI=1S/C17H16N2O2/c1-11-6-7-18-14(8-11)10-19-15(17(20)21)9-13-5-3-4-12(2)16(13)19/h3-9H,10H2,1-2H3,(H,20,21). The maximum Gasteiger partial charge on any atom is 0.352 e. The van der Waals surface area contributed by atoms with Gasteiger partial charge in [0.1, 0.15) is 5.69 Å². The summed E-state index contributed by atoms with van der Waals surface area (Å²) in [6.45, 7) is 4.45. The predicted octanol–water partition coefficient (Wildman–Crippen LogP) is 3.40. The second-order valence-electron chi connectivity index (χ2n) is 5.26. The van der Waals surface area contributed by atoms with Crippen LogP contribution in [0.25, 0.3) is 10.9 Å². The number of pyridine rings is 1. The smallest absolute Gasteiger partial charge is 0.352 e. The van der Waals surface area contributed by atoms with E-state index >= 15 is 0 Å². The maximum atomic E-state index is 11.5. The number of fused-ring (bicyclic) bond motifs is 1. The van der Waals surface area contributed by atoms with Crippen LogP contribution in [-0.2, 0) is 6.54 Å². The van der Waals surface area contributed by atoms with E-state index in [9.17, 15) is 9.90 Å². The van der Waals surface area contributed by atoms with Gasteiger partial charge in [-0.1, -0.05) is 18.2 Å². The fraction of sp³-hybridized carbons (Fsp3) is 0.176. The van der Waals surface area contributed by atoms with Gasteiger partial charge >= 0.3 is 5.97 Å². The van der Waals surface area contributed by atoms with E-state index in [1.807, 2.05) is 48.7 Å². The molecule has 4 heteroatoms. The van der Waals surface area contributed by atoms with Crippen molar-refractivity contribution in [3.8, 4) is 0 Å². The number of aromatic nitrogens is 2. The molecule has 3 rings (SSSR count). The van der Waals surface area contributed by atoms with Crippen LogP contribution in [0.15, 0.2) is 42.6 Å². The van der Waals surface area contributed by atoms with Crippen LogP contribution < -0.4 is 0 Å². The van der Waals surface area contributed by atoms with E-state index in [1.165, 1.54) is 0 Å². The van der Waals surface area contributed by atoms with Gasteiger partial charge in [-0.15, -0.1) is 0 Å². The van der Waals surface area contributed by atoms with E-state index in [1.54, 1.807) is 12.3 Å². The molecule has 0 fully saturated rings. The molecule has 0 unspecified atom stereocenters. The number of carboxylic acid groups (broad SMARTS) is 1. The third kappa shape index (κ3) is 2.40. The Balaban J connectivity index is 2.20. The molecule has 0 aliphatic heterocycles. The summed E-state index contributed by atoms with van der Waals surface area (Å²) in [7, 11) is 0. The molecule has 0 saturated heterocycles. The van der Waals surface area contributed by atoms with Crippen LogP contribution in [0, 0.1) is 13.8 Å². The Morgan fingerprint density at radius 3 is 2.76 bits per heavy atom. The lowest BCUT2D eigenvalue weighted by molar-refractivity contribution is 0.0686. The van der Waals surface area contributed by atoms with E-state index in [0.717, 1.165) is 27.7 Å². The highest BCUT2D eigenvalue weighted by Crippen LogP contribution is 2.24. The van der Waals surface area contributed by atoms with Crippen LogP contribution in [-0.4, -0.2) is 20.6 Å². The molecule has 1 N–H and O–H groups in total. The number of hydrogen-bond acceptors (Lipinski definition) is 2. The van der Waals surface area contributed by atoms with Gasteiger partial charge in [-0.05, 0) is 43.2 Å². The average Bonchev–Trinajstić information content (AvgIpc) is 2.79. The second-order valence-corrected chi connectivity index (χ2v) is 5.26. The number of hydrogen-bond donors (Lipinski definition) is 1. The van der Waals surface area contributed by atoms with Gasteiger partial charge in [0.15, 0.2) is 0 Å². The Bertz CT molecular complexity index is 834. The average molecular weight is 280 g/mol. The van der Waals surface area contributed by atoms with Crippen LogP contribution in [0.2, 0.25) is 0 Å². The highest BCUT2D eigenvalue weighted by Gasteiger charge is 2.16. The molecule has 21 heavy (non-hydrogen) atoms. The summed E-state index contributed by atoms with van der Waals surface area (Å²) < 4.78 is 1.83. The zero-order valence-electron chi connectivity index (χ0n) is 12.0. The number of carbonyl (C=O) groups is 1. The van der Waals surface area contributed by atoms with E-state index < -0.39 is 5.97 Å². The summed E-state index contributed by atoms with van der Waals surface area (Å²) in [5.74, 6) is -0.918. The highest BCUT2D eigenvalue weighted by molar-refractivity contribution is 5.95. The Morgan fingerprint density at radius 1 is 1.24 bits per heavy atom. The predicted molar refractivity (Wildman–Crippen MR) is 81.7 cm³/mol. The van der Waals surface area contributed by atoms with Gasteiger partial charge in [0.2, 0.25) is 0 Å². The molecule has 0 spiro atoms. The summed E-state index contributed by atoms with van der Waals surface area (Å²) in [5, 5.41) is 10.4. The first-order valence-corrected chi connectivity index (χ1v) is 6.80. The molecular weight excluding hydrogens is 264 g/mol. The Morgan fingerprint density at radius 2 is 2.05 bits per heavy atom. The number of aryl methyl sites for hydroxylation is 2. The molecular formula is C17H16N2O2. The molecule has 0 bridgehead atoms. The lowest BCUT2D eigenvalue weighted by Gasteiger charge is -2.10. The lowest BCUT2D eigenvalue weighted by atomic mass is 10.1. The number of aromatic carboxylic acids is 1. The molecule has 1 aromatic carbocycles. The summed E-state index contributed by atoms with van der Waals surface area (Å²) in [6, 6.07) is 11.5. The number of rotatable bonds is 3. The van der Waals surface area contributed by atoms with Crippen LogP contribution in [0.3, 0.4) is 0 Å². The molecule has 3 aromatic rings. The fourth-order valence-electron chi connectivity index (χ4n) is 2.70. The second kappa shape index (κ2) is 5.05. The number of nitrogens with zero attached hydrogens (tertiary/aromatic N) is 2. The number of para-hydroxylation sites is 1. The van der Waals surface area contributed by atoms with Crippen molar-refractivity contribution in [2.75, 3.05) is 0 Å². The van der Waals surface area contributed by atoms with Crippen LogP contribution in [0.4, 0.5) is 0 Å². The van der Waals surface area contributed by atoms with Crippen molar-refractivity contribution in [1.82, 2.24) is 9.55 Å². The molecule has 0 aliphatic rings. The first-order valence-electron chi connectivity index (χ1n) is 6.80. The molecule has 2 heterocycles. The zero-order valence-corrected chi connectivity index (χ0v) is 12.0. The minimum Gasteiger partial charge on any atom is -0.477 e. The number of carboxylic acids is 1. The molecule has 0 amide bonds. The minimum absolute atomic E-state index is 0.294. The third-order valence-electron chi connectivity index (χ3n) is 3.63. The van der Waals surface area contributed by atoms with Crippen LogP contribution in [0.1, 0.15) is 27.3 Å². The lowest BCUT2D eigenvalue weighted by Crippen LogP contribution is -2.10. The monoisotopic (exact) mass is 280 g/mol. The quantitative estimate of drug-likeness (QED) is 0.800. The fourth-order valence-corrected chi connectivity index (χ4v) is 2.70. The SMILES string of the molecule is Cc1ccnc(Cn2c(C(=O)O)cc3cccc(C)c32)c1. The van der Waals surface area contributed by atoms with Crippen LogP contribution >= 0.6 is 0 Å². The van der Waals surface area contributed by atoms with Gasteiger partial charge < -0.3 is 9.67 Å². The van der Waals surface area contributed by atoms with E-state index in [4.69, 9.17) is 0 Å². The summed E-state index contributed by atoms with van der Waals surface area (Å²) in [4.78, 5) is 15.9. The highest BCUT2D eigenvalue weighted by atomic mass is 16.4. The van der Waals surface area contributed by atoms with Crippen molar-refractivity contribution in [1.29, 1.82) is 0 Å². The molecule has 0 saturated carbocycles. The van der Waals surface area contributed by atoms with Gasteiger partial charge in [-0.25, -0.2) is 4.79 Å². The minimum atomic E-state index is -0.918. The van der Waals surface area contributed by atoms with Gasteiger partial charge in [0.05, 0.1) is 17.8 Å². The Labute approximate surface area is 122 Å². The largest absolute Gasteiger partial charge is 0.477 e. The third-order valence-corrected chi connectivity index (χ3v) is 3.63. The summed E-state index contributed by atoms with van der Waals surface area (Å²) in [5.41, 5.74) is 4.29. The van der Waals surface area contributed by atoms with Crippen molar-refractivity contribution in [2.45, 2.75) is 20.4 Å². The molecule has 0 aliphatic carbocycles. The van der Waals surface area contributed by atoms with Crippen LogP contribution in [0.5, 0.6) is 0 Å². The first-order chi connectivity index (χ1) is 10.1. The molecule has 0 radical (unpaired) electrons. The van der Waals surface area contributed by atoms with Crippen molar-refractivity contribution < 1.29 is 9.90 Å². The maximum absolute atomic E-state index is 11.5. The van der Waals surface area contributed by atoms with E-state index in [-0.39, 0.29) is 0 Å². The van der Waals surface area contributed by atoms with E-state index in [0.29, 0.717) is 12.2 Å². The van der Waals surface area contributed by atoms with Crippen molar-refractivity contribution >= 4 is 16.9 Å². The summed E-state index contributed by atoms with van der Waals surface area (Å²) >= 11 is 0. The normalized spacial score (nSPS) is 11.0. The Kier molecular flexibility index (Phi) is 3.22. The van der Waals surface area contributed by atoms with Gasteiger partial charge in [-0.3, -0.25) is 4.98 Å². The molecule has 2 aromatic heterocycles. The zero-order chi connectivity index (χ0) is 15.0. The first kappa shape index (κ1) is 13.4. The molecule has 106 valence electrons.